The fourth-order valence-corrected chi connectivity index (χ4v) is 1.26. The summed E-state index contributed by atoms with van der Waals surface area (Å²) >= 11 is 2.89. The first-order valence-corrected chi connectivity index (χ1v) is 4.26. The fourth-order valence-electron chi connectivity index (χ4n) is 0.935. The van der Waals surface area contributed by atoms with Gasteiger partial charge in [-0.2, -0.15) is 0 Å². The first-order chi connectivity index (χ1) is 6.06. The van der Waals surface area contributed by atoms with Crippen molar-refractivity contribution >= 4 is 26.2 Å². The van der Waals surface area contributed by atoms with Crippen molar-refractivity contribution in [3.8, 4) is 0 Å². The van der Waals surface area contributed by atoms with Gasteiger partial charge in [0.1, 0.15) is 4.62 Å². The van der Waals surface area contributed by atoms with E-state index in [2.05, 4.69) is 21.2 Å². The van der Waals surface area contributed by atoms with Crippen molar-refractivity contribution in [2.75, 3.05) is 12.4 Å². The molecule has 0 saturated carbocycles. The van der Waals surface area contributed by atoms with Gasteiger partial charge in [-0.05, 0) is 22.0 Å². The first kappa shape index (κ1) is 10.1. The van der Waals surface area contributed by atoms with Crippen LogP contribution in [0.3, 0.4) is 0 Å². The zero-order chi connectivity index (χ0) is 10.0. The van der Waals surface area contributed by atoms with E-state index in [1.807, 2.05) is 0 Å². The molecule has 0 atom stereocenters. The third kappa shape index (κ3) is 2.03. The van der Waals surface area contributed by atoms with Crippen LogP contribution < -0.4 is 5.32 Å². The highest BCUT2D eigenvalue weighted by molar-refractivity contribution is 9.18. The lowest BCUT2D eigenvalue weighted by Gasteiger charge is -2.07. The molecular weight excluding hydrogens is 242 g/mol. The largest absolute Gasteiger partial charge is 0.387 e. The van der Waals surface area contributed by atoms with Gasteiger partial charge in [0.15, 0.2) is 11.6 Å². The number of rotatable bonds is 2. The highest BCUT2D eigenvalue weighted by Crippen LogP contribution is 2.21. The lowest BCUT2D eigenvalue weighted by atomic mass is 10.2. The molecule has 2 N–H and O–H groups in total. The maximum atomic E-state index is 12.7. The van der Waals surface area contributed by atoms with Crippen molar-refractivity contribution in [1.29, 1.82) is 5.41 Å². The number of benzene rings is 1. The highest BCUT2D eigenvalue weighted by atomic mass is 79.9. The molecule has 0 unspecified atom stereocenters. The molecule has 1 rings (SSSR count). The van der Waals surface area contributed by atoms with Crippen molar-refractivity contribution < 1.29 is 8.78 Å². The molecule has 0 aliphatic heterocycles. The topological polar surface area (TPSA) is 35.9 Å². The van der Waals surface area contributed by atoms with Gasteiger partial charge >= 0.3 is 0 Å². The molecule has 5 heteroatoms. The molecule has 0 saturated heterocycles. The summed E-state index contributed by atoms with van der Waals surface area (Å²) in [6.07, 6.45) is 0. The Kier molecular flexibility index (Phi) is 2.98. The van der Waals surface area contributed by atoms with Gasteiger partial charge < -0.3 is 5.32 Å². The Hall–Kier alpha value is -0.970. The minimum atomic E-state index is -0.960. The smallest absolute Gasteiger partial charge is 0.160 e. The average Bonchev–Trinajstić information content (AvgIpc) is 2.08. The van der Waals surface area contributed by atoms with Crippen LogP contribution in [0.5, 0.6) is 0 Å². The van der Waals surface area contributed by atoms with Gasteiger partial charge in [-0.1, -0.05) is 0 Å². The Morgan fingerprint density at radius 3 is 2.38 bits per heavy atom. The summed E-state index contributed by atoms with van der Waals surface area (Å²) in [5, 5.41) is 9.90. The van der Waals surface area contributed by atoms with E-state index in [9.17, 15) is 8.78 Å². The number of halogens is 3. The van der Waals surface area contributed by atoms with Crippen LogP contribution in [-0.2, 0) is 0 Å². The minimum absolute atomic E-state index is 0.00995. The molecule has 0 bridgehead atoms. The molecule has 0 fully saturated rings. The van der Waals surface area contributed by atoms with E-state index in [1.54, 1.807) is 7.05 Å². The standard InChI is InChI=1S/C8H7BrF2N2/c1-13-7-3-6(11)5(10)2-4(7)8(9)12/h2-3,12-13H,1H3. The van der Waals surface area contributed by atoms with Crippen molar-refractivity contribution in [2.24, 2.45) is 0 Å². The highest BCUT2D eigenvalue weighted by Gasteiger charge is 2.10. The van der Waals surface area contributed by atoms with E-state index in [-0.39, 0.29) is 4.62 Å². The van der Waals surface area contributed by atoms with Gasteiger partial charge in [-0.3, -0.25) is 5.41 Å². The number of nitrogens with one attached hydrogen (secondary N) is 2. The lowest BCUT2D eigenvalue weighted by molar-refractivity contribution is 0.509. The van der Waals surface area contributed by atoms with Gasteiger partial charge in [0, 0.05) is 24.4 Å². The maximum Gasteiger partial charge on any atom is 0.160 e. The van der Waals surface area contributed by atoms with Crippen LogP contribution in [-0.4, -0.2) is 11.7 Å². The van der Waals surface area contributed by atoms with E-state index >= 15 is 0 Å². The lowest BCUT2D eigenvalue weighted by Crippen LogP contribution is -2.00. The van der Waals surface area contributed by atoms with Gasteiger partial charge in [-0.25, -0.2) is 8.78 Å². The normalized spacial score (nSPS) is 9.85. The Morgan fingerprint density at radius 1 is 1.38 bits per heavy atom. The summed E-state index contributed by atoms with van der Waals surface area (Å²) < 4.78 is 25.5. The molecule has 0 spiro atoms. The van der Waals surface area contributed by atoms with E-state index in [0.717, 1.165) is 12.1 Å². The van der Waals surface area contributed by atoms with Crippen molar-refractivity contribution in [1.82, 2.24) is 0 Å². The van der Waals surface area contributed by atoms with Gasteiger partial charge in [0.2, 0.25) is 0 Å². The molecule has 1 aromatic carbocycles. The summed E-state index contributed by atoms with van der Waals surface area (Å²) in [6, 6.07) is 1.98. The van der Waals surface area contributed by atoms with Crippen molar-refractivity contribution in [2.45, 2.75) is 0 Å². The zero-order valence-electron chi connectivity index (χ0n) is 6.79. The Morgan fingerprint density at radius 2 is 1.92 bits per heavy atom. The van der Waals surface area contributed by atoms with Gasteiger partial charge in [-0.15, -0.1) is 0 Å². The van der Waals surface area contributed by atoms with E-state index in [0.29, 0.717) is 11.3 Å². The van der Waals surface area contributed by atoms with E-state index in [1.165, 1.54) is 0 Å². The van der Waals surface area contributed by atoms with Gasteiger partial charge in [0.25, 0.3) is 0 Å². The Labute approximate surface area is 82.6 Å². The van der Waals surface area contributed by atoms with Crippen molar-refractivity contribution in [3.63, 3.8) is 0 Å². The second-order valence-electron chi connectivity index (χ2n) is 2.38. The Bertz CT molecular complexity index is 352. The quantitative estimate of drug-likeness (QED) is 0.776. The Balaban J connectivity index is 3.33. The monoisotopic (exact) mass is 248 g/mol. The molecule has 0 aliphatic carbocycles. The summed E-state index contributed by atoms with van der Waals surface area (Å²) in [6.45, 7) is 0. The van der Waals surface area contributed by atoms with Crippen LogP contribution in [0, 0.1) is 17.0 Å². The third-order valence-electron chi connectivity index (χ3n) is 1.57. The molecule has 70 valence electrons. The summed E-state index contributed by atoms with van der Waals surface area (Å²) in [5.74, 6) is -1.89. The first-order valence-electron chi connectivity index (χ1n) is 3.47. The third-order valence-corrected chi connectivity index (χ3v) is 1.99. The molecular formula is C8H7BrF2N2. The molecule has 0 radical (unpaired) electrons. The molecule has 0 aliphatic rings. The van der Waals surface area contributed by atoms with Gasteiger partial charge in [0.05, 0.1) is 0 Å². The van der Waals surface area contributed by atoms with Crippen LogP contribution in [0.4, 0.5) is 14.5 Å². The number of anilines is 1. The SMILES string of the molecule is CNc1cc(F)c(F)cc1C(=N)Br. The second-order valence-corrected chi connectivity index (χ2v) is 3.17. The van der Waals surface area contributed by atoms with Crippen LogP contribution >= 0.6 is 15.9 Å². The summed E-state index contributed by atoms with van der Waals surface area (Å²) in [4.78, 5) is 0. The number of hydrogen-bond acceptors (Lipinski definition) is 2. The van der Waals surface area contributed by atoms with Crippen LogP contribution in [0.1, 0.15) is 5.56 Å². The second kappa shape index (κ2) is 3.83. The van der Waals surface area contributed by atoms with E-state index < -0.39 is 11.6 Å². The maximum absolute atomic E-state index is 12.7. The summed E-state index contributed by atoms with van der Waals surface area (Å²) in [5.41, 5.74) is 0.669. The average molecular weight is 249 g/mol. The molecule has 0 heterocycles. The number of hydrogen-bond donors (Lipinski definition) is 2. The molecule has 13 heavy (non-hydrogen) atoms. The molecule has 0 aromatic heterocycles. The minimum Gasteiger partial charge on any atom is -0.387 e. The van der Waals surface area contributed by atoms with Crippen LogP contribution in [0.25, 0.3) is 0 Å². The molecule has 1 aromatic rings. The fraction of sp³-hybridized carbons (Fsp3) is 0.125. The summed E-state index contributed by atoms with van der Waals surface area (Å²) in [7, 11) is 1.58. The predicted octanol–water partition coefficient (Wildman–Crippen LogP) is 2.73. The van der Waals surface area contributed by atoms with Crippen LogP contribution in [0.2, 0.25) is 0 Å². The predicted molar refractivity (Wildman–Crippen MR) is 51.7 cm³/mol. The van der Waals surface area contributed by atoms with E-state index in [4.69, 9.17) is 5.41 Å². The van der Waals surface area contributed by atoms with Crippen LogP contribution in [0.15, 0.2) is 12.1 Å². The molecule has 0 amide bonds. The van der Waals surface area contributed by atoms with Crippen molar-refractivity contribution in [3.05, 3.63) is 29.3 Å². The zero-order valence-corrected chi connectivity index (χ0v) is 8.37. The molecule has 2 nitrogen and oxygen atoms in total.